The van der Waals surface area contributed by atoms with E-state index in [0.717, 1.165) is 5.56 Å². The highest BCUT2D eigenvalue weighted by molar-refractivity contribution is 5.92. The Morgan fingerprint density at radius 3 is 2.42 bits per heavy atom. The van der Waals surface area contributed by atoms with Crippen LogP contribution in [-0.4, -0.2) is 35.0 Å². The van der Waals surface area contributed by atoms with Gasteiger partial charge in [-0.15, -0.1) is 0 Å². The van der Waals surface area contributed by atoms with Crippen LogP contribution >= 0.6 is 0 Å². The summed E-state index contributed by atoms with van der Waals surface area (Å²) in [7, 11) is 0. The van der Waals surface area contributed by atoms with Crippen LogP contribution in [0.4, 0.5) is 0 Å². The summed E-state index contributed by atoms with van der Waals surface area (Å²) in [6.45, 7) is 7.58. The molecule has 1 amide bonds. The van der Waals surface area contributed by atoms with Crippen LogP contribution in [-0.2, 0) is 4.74 Å². The van der Waals surface area contributed by atoms with Crippen molar-refractivity contribution in [2.24, 2.45) is 5.41 Å². The number of aromatic nitrogens is 1. The normalized spacial score (nSPS) is 21.5. The molecule has 1 aromatic carbocycles. The first-order valence-electron chi connectivity index (χ1n) is 8.36. The van der Waals surface area contributed by atoms with Gasteiger partial charge in [0.2, 0.25) is 0 Å². The summed E-state index contributed by atoms with van der Waals surface area (Å²) >= 11 is 0. The molecule has 1 aromatic heterocycles. The fraction of sp³-hybridized carbons (Fsp3) is 0.400. The summed E-state index contributed by atoms with van der Waals surface area (Å²) in [5.74, 6) is -0.0333. The van der Waals surface area contributed by atoms with Gasteiger partial charge >= 0.3 is 0 Å². The number of benzene rings is 1. The lowest BCUT2D eigenvalue weighted by molar-refractivity contribution is -0.119. The van der Waals surface area contributed by atoms with Crippen LogP contribution in [0.15, 0.2) is 54.7 Å². The van der Waals surface area contributed by atoms with Crippen LogP contribution in [0, 0.1) is 5.41 Å². The molecule has 0 saturated carbocycles. The third kappa shape index (κ3) is 3.65. The topological polar surface area (TPSA) is 42.4 Å². The Bertz CT molecular complexity index is 680. The van der Waals surface area contributed by atoms with Gasteiger partial charge in [0.1, 0.15) is 11.8 Å². The lowest BCUT2D eigenvalue weighted by Gasteiger charge is -2.43. The lowest BCUT2D eigenvalue weighted by Crippen LogP contribution is -2.51. The molecule has 2 atom stereocenters. The minimum Gasteiger partial charge on any atom is -0.366 e. The van der Waals surface area contributed by atoms with Crippen molar-refractivity contribution in [2.75, 3.05) is 13.1 Å². The van der Waals surface area contributed by atoms with E-state index < -0.39 is 0 Å². The molecule has 3 rings (SSSR count). The number of carbonyl (C=O) groups is 1. The third-order valence-corrected chi connectivity index (χ3v) is 4.41. The molecule has 4 heteroatoms. The molecule has 1 fully saturated rings. The van der Waals surface area contributed by atoms with Gasteiger partial charge in [-0.2, -0.15) is 0 Å². The molecular weight excluding hydrogens is 300 g/mol. The Morgan fingerprint density at radius 2 is 1.79 bits per heavy atom. The fourth-order valence-electron chi connectivity index (χ4n) is 2.91. The standard InChI is InChI=1S/C20H24N2O2/c1-20(2,3)18-14-22(19(23)16-11-7-8-12-21-16)13-17(24-18)15-9-5-4-6-10-15/h4-12,17-18H,13-14H2,1-3H3/t17-,18+/m0/s1. The number of rotatable bonds is 2. The SMILES string of the molecule is CC(C)(C)[C@H]1CN(C(=O)c2ccccn2)C[C@@H](c2ccccc2)O1. The minimum absolute atomic E-state index is 0.0240. The van der Waals surface area contributed by atoms with Crippen LogP contribution in [0.3, 0.4) is 0 Å². The van der Waals surface area contributed by atoms with Gasteiger partial charge in [0.15, 0.2) is 0 Å². The number of ether oxygens (including phenoxy) is 1. The molecule has 0 aliphatic carbocycles. The number of carbonyl (C=O) groups excluding carboxylic acids is 1. The number of pyridine rings is 1. The van der Waals surface area contributed by atoms with Gasteiger partial charge in [-0.25, -0.2) is 0 Å². The van der Waals surface area contributed by atoms with Crippen molar-refractivity contribution >= 4 is 5.91 Å². The quantitative estimate of drug-likeness (QED) is 0.846. The highest BCUT2D eigenvalue weighted by Gasteiger charge is 2.37. The Morgan fingerprint density at radius 1 is 1.08 bits per heavy atom. The third-order valence-electron chi connectivity index (χ3n) is 4.41. The Kier molecular flexibility index (Phi) is 4.67. The van der Waals surface area contributed by atoms with E-state index in [9.17, 15) is 4.79 Å². The summed E-state index contributed by atoms with van der Waals surface area (Å²) < 4.78 is 6.34. The molecule has 0 spiro atoms. The first-order valence-corrected chi connectivity index (χ1v) is 8.36. The van der Waals surface area contributed by atoms with Crippen molar-refractivity contribution in [2.45, 2.75) is 33.0 Å². The van der Waals surface area contributed by atoms with Crippen molar-refractivity contribution in [1.29, 1.82) is 0 Å². The van der Waals surface area contributed by atoms with E-state index in [2.05, 4.69) is 37.9 Å². The summed E-state index contributed by atoms with van der Waals surface area (Å²) in [6.07, 6.45) is 1.52. The van der Waals surface area contributed by atoms with Gasteiger partial charge in [0, 0.05) is 12.7 Å². The molecule has 4 nitrogen and oxygen atoms in total. The number of nitrogens with zero attached hydrogens (tertiary/aromatic N) is 2. The van der Waals surface area contributed by atoms with Crippen LogP contribution in [0.5, 0.6) is 0 Å². The second-order valence-electron chi connectivity index (χ2n) is 7.32. The Labute approximate surface area is 143 Å². The van der Waals surface area contributed by atoms with E-state index in [-0.39, 0.29) is 23.5 Å². The predicted octanol–water partition coefficient (Wildman–Crippen LogP) is 3.71. The van der Waals surface area contributed by atoms with Gasteiger partial charge in [0.05, 0.1) is 12.6 Å². The number of morpholine rings is 1. The average Bonchev–Trinajstić information content (AvgIpc) is 2.61. The molecular formula is C20H24N2O2. The molecule has 0 radical (unpaired) electrons. The first-order chi connectivity index (χ1) is 11.4. The van der Waals surface area contributed by atoms with Crippen molar-refractivity contribution in [3.8, 4) is 0 Å². The first kappa shape index (κ1) is 16.7. The van der Waals surface area contributed by atoms with Crippen LogP contribution < -0.4 is 0 Å². The van der Waals surface area contributed by atoms with Crippen LogP contribution in [0.25, 0.3) is 0 Å². The van der Waals surface area contributed by atoms with E-state index >= 15 is 0 Å². The zero-order valence-electron chi connectivity index (χ0n) is 14.5. The van der Waals surface area contributed by atoms with E-state index in [4.69, 9.17) is 4.74 Å². The van der Waals surface area contributed by atoms with Gasteiger partial charge < -0.3 is 9.64 Å². The molecule has 24 heavy (non-hydrogen) atoms. The lowest BCUT2D eigenvalue weighted by atomic mass is 9.87. The number of amides is 1. The summed E-state index contributed by atoms with van der Waals surface area (Å²) in [5.41, 5.74) is 1.54. The average molecular weight is 324 g/mol. The van der Waals surface area contributed by atoms with Crippen molar-refractivity contribution in [3.05, 3.63) is 66.0 Å². The number of hydrogen-bond donors (Lipinski definition) is 0. The molecule has 0 N–H and O–H groups in total. The van der Waals surface area contributed by atoms with E-state index in [1.165, 1.54) is 0 Å². The van der Waals surface area contributed by atoms with E-state index in [1.54, 1.807) is 12.3 Å². The zero-order chi connectivity index (χ0) is 17.2. The van der Waals surface area contributed by atoms with Gasteiger partial charge in [0.25, 0.3) is 5.91 Å². The molecule has 1 saturated heterocycles. The van der Waals surface area contributed by atoms with E-state index in [0.29, 0.717) is 18.8 Å². The maximum atomic E-state index is 12.9. The van der Waals surface area contributed by atoms with E-state index in [1.807, 2.05) is 35.2 Å². The molecule has 1 aliphatic heterocycles. The Hall–Kier alpha value is -2.20. The molecule has 2 heterocycles. The largest absolute Gasteiger partial charge is 0.366 e. The minimum atomic E-state index is -0.114. The zero-order valence-corrected chi connectivity index (χ0v) is 14.5. The highest BCUT2D eigenvalue weighted by Crippen LogP contribution is 2.33. The van der Waals surface area contributed by atoms with Crippen molar-refractivity contribution in [1.82, 2.24) is 9.88 Å². The molecule has 2 aromatic rings. The highest BCUT2D eigenvalue weighted by atomic mass is 16.5. The molecule has 1 aliphatic rings. The maximum Gasteiger partial charge on any atom is 0.272 e. The summed E-state index contributed by atoms with van der Waals surface area (Å²) in [6, 6.07) is 15.5. The monoisotopic (exact) mass is 324 g/mol. The van der Waals surface area contributed by atoms with Gasteiger partial charge in [-0.3, -0.25) is 9.78 Å². The van der Waals surface area contributed by atoms with Gasteiger partial charge in [-0.1, -0.05) is 57.2 Å². The summed E-state index contributed by atoms with van der Waals surface area (Å²) in [5, 5.41) is 0. The van der Waals surface area contributed by atoms with Crippen molar-refractivity contribution in [3.63, 3.8) is 0 Å². The number of hydrogen-bond acceptors (Lipinski definition) is 3. The second-order valence-corrected chi connectivity index (χ2v) is 7.32. The predicted molar refractivity (Wildman–Crippen MR) is 93.7 cm³/mol. The molecule has 0 bridgehead atoms. The van der Waals surface area contributed by atoms with Gasteiger partial charge in [-0.05, 0) is 23.1 Å². The summed E-state index contributed by atoms with van der Waals surface area (Å²) in [4.78, 5) is 18.9. The van der Waals surface area contributed by atoms with Crippen LogP contribution in [0.1, 0.15) is 42.9 Å². The van der Waals surface area contributed by atoms with Crippen LogP contribution in [0.2, 0.25) is 0 Å². The Balaban J connectivity index is 1.87. The smallest absolute Gasteiger partial charge is 0.272 e. The fourth-order valence-corrected chi connectivity index (χ4v) is 2.91. The van der Waals surface area contributed by atoms with Crippen molar-refractivity contribution < 1.29 is 9.53 Å². The second kappa shape index (κ2) is 6.73. The molecule has 0 unspecified atom stereocenters. The molecule has 126 valence electrons. The maximum absolute atomic E-state index is 12.9.